The smallest absolute Gasteiger partial charge is 0.317 e. The summed E-state index contributed by atoms with van der Waals surface area (Å²) in [7, 11) is 0. The van der Waals surface area contributed by atoms with Crippen LogP contribution < -0.4 is 10.1 Å². The third kappa shape index (κ3) is 5.26. The van der Waals surface area contributed by atoms with Crippen LogP contribution in [0, 0.1) is 5.41 Å². The van der Waals surface area contributed by atoms with Gasteiger partial charge in [-0.1, -0.05) is 24.3 Å². The third-order valence-electron chi connectivity index (χ3n) is 6.05. The van der Waals surface area contributed by atoms with E-state index in [2.05, 4.69) is 15.2 Å². The molecule has 2 aliphatic rings. The fourth-order valence-electron chi connectivity index (χ4n) is 4.54. The molecule has 0 saturated carbocycles. The van der Waals surface area contributed by atoms with Gasteiger partial charge in [0.15, 0.2) is 0 Å². The molecule has 2 aliphatic heterocycles. The summed E-state index contributed by atoms with van der Waals surface area (Å²) in [6, 6.07) is 13.9. The fourth-order valence-corrected chi connectivity index (χ4v) is 4.54. The van der Waals surface area contributed by atoms with Crippen molar-refractivity contribution in [2.45, 2.75) is 25.8 Å². The normalized spacial score (nSPS) is 22.0. The number of likely N-dealkylation sites (tertiary alicyclic amines) is 2. The Morgan fingerprint density at radius 3 is 2.83 bits per heavy atom. The van der Waals surface area contributed by atoms with E-state index in [9.17, 15) is 4.79 Å². The van der Waals surface area contributed by atoms with E-state index in [1.807, 2.05) is 47.4 Å². The number of nitrogens with one attached hydrogen (secondary N) is 1. The Bertz CT molecular complexity index is 786. The highest BCUT2D eigenvalue weighted by Crippen LogP contribution is 2.38. The molecule has 1 atom stereocenters. The molecule has 3 heterocycles. The van der Waals surface area contributed by atoms with Crippen molar-refractivity contribution < 1.29 is 9.53 Å². The van der Waals surface area contributed by atoms with Crippen LogP contribution in [0.25, 0.3) is 0 Å². The van der Waals surface area contributed by atoms with Crippen LogP contribution >= 0.6 is 0 Å². The number of benzene rings is 1. The molecule has 0 bridgehead atoms. The SMILES string of the molecule is O=C(NCc1cccnc1)N1CC[C@@]2(CCCN(CCOc3ccccc3)C2)C1. The van der Waals surface area contributed by atoms with Gasteiger partial charge in [-0.3, -0.25) is 9.88 Å². The zero-order valence-corrected chi connectivity index (χ0v) is 16.9. The lowest BCUT2D eigenvalue weighted by Crippen LogP contribution is -2.47. The van der Waals surface area contributed by atoms with Crippen LogP contribution in [0.4, 0.5) is 4.79 Å². The highest BCUT2D eigenvalue weighted by atomic mass is 16.5. The topological polar surface area (TPSA) is 57.7 Å². The third-order valence-corrected chi connectivity index (χ3v) is 6.05. The Kier molecular flexibility index (Phi) is 6.30. The van der Waals surface area contributed by atoms with Crippen molar-refractivity contribution in [2.75, 3.05) is 39.3 Å². The van der Waals surface area contributed by atoms with Gasteiger partial charge in [0.2, 0.25) is 0 Å². The molecule has 2 fully saturated rings. The lowest BCUT2D eigenvalue weighted by Gasteiger charge is -2.40. The van der Waals surface area contributed by atoms with Crippen LogP contribution in [0.5, 0.6) is 5.75 Å². The molecule has 2 amide bonds. The number of amides is 2. The van der Waals surface area contributed by atoms with Crippen LogP contribution in [-0.2, 0) is 6.54 Å². The number of carbonyl (C=O) groups is 1. The van der Waals surface area contributed by atoms with Gasteiger partial charge in [0.1, 0.15) is 12.4 Å². The summed E-state index contributed by atoms with van der Waals surface area (Å²) in [5.74, 6) is 0.927. The molecule has 2 saturated heterocycles. The van der Waals surface area contributed by atoms with E-state index in [0.29, 0.717) is 13.2 Å². The molecule has 2 aromatic rings. The summed E-state index contributed by atoms with van der Waals surface area (Å²) >= 11 is 0. The van der Waals surface area contributed by atoms with Crippen LogP contribution in [-0.4, -0.2) is 60.1 Å². The molecule has 1 N–H and O–H groups in total. The van der Waals surface area contributed by atoms with Gasteiger partial charge in [-0.25, -0.2) is 4.79 Å². The maximum absolute atomic E-state index is 12.6. The number of ether oxygens (including phenoxy) is 1. The van der Waals surface area contributed by atoms with Crippen LogP contribution in [0.1, 0.15) is 24.8 Å². The van der Waals surface area contributed by atoms with Gasteiger partial charge in [-0.2, -0.15) is 0 Å². The number of carbonyl (C=O) groups excluding carboxylic acids is 1. The number of piperidine rings is 1. The van der Waals surface area contributed by atoms with Crippen molar-refractivity contribution in [1.29, 1.82) is 0 Å². The van der Waals surface area contributed by atoms with Gasteiger partial charge in [0.25, 0.3) is 0 Å². The van der Waals surface area contributed by atoms with Crippen molar-refractivity contribution in [2.24, 2.45) is 5.41 Å². The Morgan fingerprint density at radius 2 is 2.00 bits per heavy atom. The second-order valence-corrected chi connectivity index (χ2v) is 8.23. The van der Waals surface area contributed by atoms with Gasteiger partial charge < -0.3 is 15.0 Å². The predicted octanol–water partition coefficient (Wildman–Crippen LogP) is 3.16. The second-order valence-electron chi connectivity index (χ2n) is 8.23. The number of urea groups is 1. The first-order valence-corrected chi connectivity index (χ1v) is 10.5. The molecule has 6 heteroatoms. The van der Waals surface area contributed by atoms with E-state index < -0.39 is 0 Å². The minimum atomic E-state index is 0.0373. The van der Waals surface area contributed by atoms with Crippen LogP contribution in [0.15, 0.2) is 54.9 Å². The maximum atomic E-state index is 12.6. The molecule has 0 radical (unpaired) electrons. The second kappa shape index (κ2) is 9.27. The number of nitrogens with zero attached hydrogens (tertiary/aromatic N) is 3. The molecule has 0 unspecified atom stereocenters. The van der Waals surface area contributed by atoms with E-state index in [0.717, 1.165) is 50.5 Å². The molecular weight excluding hydrogens is 364 g/mol. The summed E-state index contributed by atoms with van der Waals surface area (Å²) in [6.45, 7) is 6.03. The standard InChI is InChI=1S/C23H30N4O2/c28-22(25-17-20-6-4-11-24-16-20)27-13-10-23(19-27)9-5-12-26(18-23)14-15-29-21-7-2-1-3-8-21/h1-4,6-8,11,16H,5,9-10,12-15,17-19H2,(H,25,28)/t23-/m1/s1. The molecule has 29 heavy (non-hydrogen) atoms. The van der Waals surface area contributed by atoms with E-state index in [1.165, 1.54) is 12.8 Å². The first-order chi connectivity index (χ1) is 14.2. The quantitative estimate of drug-likeness (QED) is 0.818. The molecule has 0 aliphatic carbocycles. The lowest BCUT2D eigenvalue weighted by molar-refractivity contribution is 0.0833. The lowest BCUT2D eigenvalue weighted by atomic mass is 9.79. The maximum Gasteiger partial charge on any atom is 0.317 e. The molecule has 6 nitrogen and oxygen atoms in total. The molecule has 1 aromatic heterocycles. The number of rotatable bonds is 6. The van der Waals surface area contributed by atoms with Crippen molar-refractivity contribution in [1.82, 2.24) is 20.1 Å². The average molecular weight is 395 g/mol. The summed E-state index contributed by atoms with van der Waals surface area (Å²) in [6.07, 6.45) is 7.02. The van der Waals surface area contributed by atoms with Crippen molar-refractivity contribution in [3.63, 3.8) is 0 Å². The molecule has 1 aromatic carbocycles. The van der Waals surface area contributed by atoms with E-state index >= 15 is 0 Å². The van der Waals surface area contributed by atoms with E-state index in [4.69, 9.17) is 4.74 Å². The minimum absolute atomic E-state index is 0.0373. The monoisotopic (exact) mass is 394 g/mol. The molecule has 154 valence electrons. The highest BCUT2D eigenvalue weighted by molar-refractivity contribution is 5.74. The van der Waals surface area contributed by atoms with Gasteiger partial charge in [-0.05, 0) is 49.6 Å². The molecule has 4 rings (SSSR count). The Hall–Kier alpha value is -2.60. The number of hydrogen-bond acceptors (Lipinski definition) is 4. The Balaban J connectivity index is 1.23. The van der Waals surface area contributed by atoms with Crippen LogP contribution in [0.2, 0.25) is 0 Å². The minimum Gasteiger partial charge on any atom is -0.492 e. The number of hydrogen-bond donors (Lipinski definition) is 1. The summed E-state index contributed by atoms with van der Waals surface area (Å²) in [5, 5.41) is 3.04. The van der Waals surface area contributed by atoms with E-state index in [-0.39, 0.29) is 11.4 Å². The average Bonchev–Trinajstić information content (AvgIpc) is 3.17. The summed E-state index contributed by atoms with van der Waals surface area (Å²) < 4.78 is 5.87. The highest BCUT2D eigenvalue weighted by Gasteiger charge is 2.42. The van der Waals surface area contributed by atoms with Crippen LogP contribution in [0.3, 0.4) is 0 Å². The van der Waals surface area contributed by atoms with Gasteiger partial charge in [0, 0.05) is 50.5 Å². The zero-order valence-electron chi connectivity index (χ0n) is 16.9. The first-order valence-electron chi connectivity index (χ1n) is 10.5. The summed E-state index contributed by atoms with van der Waals surface area (Å²) in [4.78, 5) is 21.2. The van der Waals surface area contributed by atoms with Crippen molar-refractivity contribution in [3.8, 4) is 5.75 Å². The zero-order chi connectivity index (χ0) is 19.9. The first kappa shape index (κ1) is 19.7. The Morgan fingerprint density at radius 1 is 1.10 bits per heavy atom. The van der Waals surface area contributed by atoms with E-state index in [1.54, 1.807) is 12.4 Å². The van der Waals surface area contributed by atoms with Gasteiger partial charge in [0.05, 0.1) is 0 Å². The number of pyridine rings is 1. The van der Waals surface area contributed by atoms with Crippen molar-refractivity contribution >= 4 is 6.03 Å². The molecular formula is C23H30N4O2. The largest absolute Gasteiger partial charge is 0.492 e. The number of aromatic nitrogens is 1. The summed E-state index contributed by atoms with van der Waals surface area (Å²) in [5.41, 5.74) is 1.26. The predicted molar refractivity (Wildman–Crippen MR) is 113 cm³/mol. The van der Waals surface area contributed by atoms with Crippen molar-refractivity contribution in [3.05, 3.63) is 60.4 Å². The number of para-hydroxylation sites is 1. The molecule has 1 spiro atoms. The Labute approximate surface area is 172 Å². The van der Waals surface area contributed by atoms with Gasteiger partial charge in [-0.15, -0.1) is 0 Å². The fraction of sp³-hybridized carbons (Fsp3) is 0.478. The van der Waals surface area contributed by atoms with Gasteiger partial charge >= 0.3 is 6.03 Å².